The average molecular weight is 409 g/mol. The first-order valence-corrected chi connectivity index (χ1v) is 10.7. The summed E-state index contributed by atoms with van der Waals surface area (Å²) in [6.07, 6.45) is 3.74. The highest BCUT2D eigenvalue weighted by molar-refractivity contribution is 5.52. The highest BCUT2D eigenvalue weighted by Crippen LogP contribution is 2.27. The summed E-state index contributed by atoms with van der Waals surface area (Å²) in [5.74, 6) is 3.78. The molecule has 0 aliphatic carbocycles. The van der Waals surface area contributed by atoms with E-state index in [-0.39, 0.29) is 5.92 Å². The standard InChI is InChI=1S/C21H28N8O/c1-14(11-17-23-21-16(3)22-13-15(2)29(21)26-17)20-24-18(27-5-4-6-27)12-19(25-20)28-7-9-30-10-8-28/h12-14H,4-11H2,1-3H3. The largest absolute Gasteiger partial charge is 0.378 e. The first-order valence-electron chi connectivity index (χ1n) is 10.7. The van der Waals surface area contributed by atoms with Crippen molar-refractivity contribution in [2.45, 2.75) is 39.5 Å². The van der Waals surface area contributed by atoms with Crippen LogP contribution >= 0.6 is 0 Å². The molecule has 9 heteroatoms. The van der Waals surface area contributed by atoms with Crippen molar-refractivity contribution in [2.75, 3.05) is 49.2 Å². The summed E-state index contributed by atoms with van der Waals surface area (Å²) in [4.78, 5) is 23.6. The molecule has 3 aromatic rings. The molecule has 0 N–H and O–H groups in total. The van der Waals surface area contributed by atoms with Gasteiger partial charge in [-0.05, 0) is 20.3 Å². The second-order valence-electron chi connectivity index (χ2n) is 8.24. The quantitative estimate of drug-likeness (QED) is 0.633. The lowest BCUT2D eigenvalue weighted by Gasteiger charge is -2.34. The van der Waals surface area contributed by atoms with Gasteiger partial charge in [-0.25, -0.2) is 19.5 Å². The van der Waals surface area contributed by atoms with Gasteiger partial charge in [0.25, 0.3) is 0 Å². The SMILES string of the molecule is Cc1ncc(C)n2nc(CC(C)c3nc(N4CCC4)cc(N4CCOCC4)n3)nc12. The Morgan fingerprint density at radius 1 is 1.00 bits per heavy atom. The first kappa shape index (κ1) is 19.2. The number of aryl methyl sites for hydroxylation is 2. The number of aromatic nitrogens is 6. The second-order valence-corrected chi connectivity index (χ2v) is 8.24. The molecule has 0 aromatic carbocycles. The Labute approximate surface area is 176 Å². The normalized spacial score (nSPS) is 18.0. The van der Waals surface area contributed by atoms with Crippen LogP contribution in [0.2, 0.25) is 0 Å². The molecule has 2 aliphatic rings. The van der Waals surface area contributed by atoms with E-state index in [1.807, 2.05) is 24.6 Å². The van der Waals surface area contributed by atoms with E-state index in [9.17, 15) is 0 Å². The smallest absolute Gasteiger partial charge is 0.177 e. The number of morpholine rings is 1. The lowest BCUT2D eigenvalue weighted by molar-refractivity contribution is 0.122. The Morgan fingerprint density at radius 3 is 2.33 bits per heavy atom. The molecule has 5 heterocycles. The number of nitrogens with zero attached hydrogens (tertiary/aromatic N) is 8. The van der Waals surface area contributed by atoms with Crippen molar-refractivity contribution in [3.8, 4) is 0 Å². The fraction of sp³-hybridized carbons (Fsp3) is 0.571. The van der Waals surface area contributed by atoms with Gasteiger partial charge >= 0.3 is 0 Å². The summed E-state index contributed by atoms with van der Waals surface area (Å²) >= 11 is 0. The minimum absolute atomic E-state index is 0.108. The topological polar surface area (TPSA) is 84.6 Å². The summed E-state index contributed by atoms with van der Waals surface area (Å²) in [6.45, 7) is 11.5. The van der Waals surface area contributed by atoms with Gasteiger partial charge in [0.05, 0.1) is 24.6 Å². The predicted molar refractivity (Wildman–Crippen MR) is 114 cm³/mol. The van der Waals surface area contributed by atoms with Crippen molar-refractivity contribution in [3.63, 3.8) is 0 Å². The Hall–Kier alpha value is -2.81. The Balaban J connectivity index is 1.44. The van der Waals surface area contributed by atoms with Crippen molar-refractivity contribution in [3.05, 3.63) is 35.3 Å². The van der Waals surface area contributed by atoms with Gasteiger partial charge in [-0.2, -0.15) is 5.10 Å². The number of anilines is 2. The molecule has 2 aliphatic heterocycles. The van der Waals surface area contributed by atoms with Gasteiger partial charge in [-0.3, -0.25) is 4.98 Å². The van der Waals surface area contributed by atoms with Crippen molar-refractivity contribution in [1.82, 2.24) is 29.5 Å². The van der Waals surface area contributed by atoms with Crippen LogP contribution in [0.25, 0.3) is 5.65 Å². The molecule has 5 rings (SSSR count). The van der Waals surface area contributed by atoms with E-state index in [1.54, 1.807) is 0 Å². The minimum atomic E-state index is 0.108. The summed E-state index contributed by atoms with van der Waals surface area (Å²) in [6, 6.07) is 2.13. The molecular weight excluding hydrogens is 380 g/mol. The fourth-order valence-electron chi connectivity index (χ4n) is 3.91. The third kappa shape index (κ3) is 3.58. The van der Waals surface area contributed by atoms with Crippen molar-refractivity contribution < 1.29 is 4.74 Å². The number of hydrogen-bond acceptors (Lipinski definition) is 8. The molecule has 1 unspecified atom stereocenters. The lowest BCUT2D eigenvalue weighted by atomic mass is 10.1. The molecule has 2 fully saturated rings. The molecule has 158 valence electrons. The third-order valence-electron chi connectivity index (χ3n) is 5.91. The van der Waals surface area contributed by atoms with Crippen LogP contribution in [-0.4, -0.2) is 68.9 Å². The maximum atomic E-state index is 5.52. The Bertz CT molecular complexity index is 1020. The van der Waals surface area contributed by atoms with Crippen LogP contribution in [0.5, 0.6) is 0 Å². The third-order valence-corrected chi connectivity index (χ3v) is 5.91. The summed E-state index contributed by atoms with van der Waals surface area (Å²) in [7, 11) is 0. The molecule has 9 nitrogen and oxygen atoms in total. The summed E-state index contributed by atoms with van der Waals surface area (Å²) in [5, 5.41) is 4.71. The molecular formula is C21H28N8O. The maximum Gasteiger partial charge on any atom is 0.177 e. The van der Waals surface area contributed by atoms with E-state index in [2.05, 4.69) is 27.8 Å². The zero-order valence-corrected chi connectivity index (χ0v) is 17.9. The highest BCUT2D eigenvalue weighted by atomic mass is 16.5. The highest BCUT2D eigenvalue weighted by Gasteiger charge is 2.23. The van der Waals surface area contributed by atoms with Crippen LogP contribution < -0.4 is 9.80 Å². The maximum absolute atomic E-state index is 5.52. The minimum Gasteiger partial charge on any atom is -0.378 e. The molecule has 30 heavy (non-hydrogen) atoms. The van der Waals surface area contributed by atoms with Gasteiger partial charge < -0.3 is 14.5 Å². The van der Waals surface area contributed by atoms with E-state index in [1.165, 1.54) is 6.42 Å². The van der Waals surface area contributed by atoms with Crippen LogP contribution in [0, 0.1) is 13.8 Å². The zero-order valence-electron chi connectivity index (χ0n) is 17.9. The van der Waals surface area contributed by atoms with Crippen LogP contribution in [0.1, 0.15) is 42.3 Å². The Morgan fingerprint density at radius 2 is 1.70 bits per heavy atom. The van der Waals surface area contributed by atoms with Crippen LogP contribution in [0.4, 0.5) is 11.6 Å². The molecule has 0 saturated carbocycles. The zero-order chi connectivity index (χ0) is 20.7. The van der Waals surface area contributed by atoms with Gasteiger partial charge in [0.15, 0.2) is 11.5 Å². The molecule has 2 saturated heterocycles. The summed E-state index contributed by atoms with van der Waals surface area (Å²) < 4.78 is 7.39. The van der Waals surface area contributed by atoms with E-state index < -0.39 is 0 Å². The van der Waals surface area contributed by atoms with E-state index >= 15 is 0 Å². The fourth-order valence-corrected chi connectivity index (χ4v) is 3.91. The molecule has 1 atom stereocenters. The van der Waals surface area contributed by atoms with Crippen LogP contribution in [0.3, 0.4) is 0 Å². The van der Waals surface area contributed by atoms with Gasteiger partial charge in [0.2, 0.25) is 0 Å². The van der Waals surface area contributed by atoms with Crippen LogP contribution in [-0.2, 0) is 11.2 Å². The first-order chi connectivity index (χ1) is 14.6. The van der Waals surface area contributed by atoms with Gasteiger partial charge in [-0.1, -0.05) is 6.92 Å². The van der Waals surface area contributed by atoms with Gasteiger partial charge in [0, 0.05) is 50.8 Å². The van der Waals surface area contributed by atoms with Crippen molar-refractivity contribution in [2.24, 2.45) is 0 Å². The summed E-state index contributed by atoms with van der Waals surface area (Å²) in [5.41, 5.74) is 2.69. The molecule has 0 spiro atoms. The monoisotopic (exact) mass is 408 g/mol. The predicted octanol–water partition coefficient (Wildman–Crippen LogP) is 1.92. The van der Waals surface area contributed by atoms with Crippen molar-refractivity contribution >= 4 is 17.3 Å². The Kier molecular flexibility index (Phi) is 4.98. The van der Waals surface area contributed by atoms with E-state index in [4.69, 9.17) is 24.8 Å². The number of fused-ring (bicyclic) bond motifs is 1. The average Bonchev–Trinajstić information content (AvgIpc) is 3.15. The number of hydrogen-bond donors (Lipinski definition) is 0. The van der Waals surface area contributed by atoms with Crippen molar-refractivity contribution in [1.29, 1.82) is 0 Å². The molecule has 3 aromatic heterocycles. The van der Waals surface area contributed by atoms with Gasteiger partial charge in [0.1, 0.15) is 17.5 Å². The van der Waals surface area contributed by atoms with Gasteiger partial charge in [-0.15, -0.1) is 0 Å². The number of ether oxygens (including phenoxy) is 1. The second kappa shape index (κ2) is 7.79. The molecule has 0 bridgehead atoms. The van der Waals surface area contributed by atoms with Crippen LogP contribution in [0.15, 0.2) is 12.3 Å². The lowest BCUT2D eigenvalue weighted by Crippen LogP contribution is -2.39. The molecule has 0 radical (unpaired) electrons. The van der Waals surface area contributed by atoms with E-state index in [0.717, 1.165) is 79.7 Å². The van der Waals surface area contributed by atoms with E-state index in [0.29, 0.717) is 6.42 Å². The molecule has 0 amide bonds. The number of rotatable bonds is 5.